The normalized spacial score (nSPS) is 12.0. The Kier molecular flexibility index (Phi) is 3.74. The van der Waals surface area contributed by atoms with E-state index in [0.29, 0.717) is 11.4 Å². The molecule has 0 saturated carbocycles. The number of hydrogen-bond donors (Lipinski definition) is 1. The fourth-order valence-corrected chi connectivity index (χ4v) is 3.33. The highest BCUT2D eigenvalue weighted by atomic mass is 16.1. The van der Waals surface area contributed by atoms with E-state index in [0.717, 1.165) is 27.6 Å². The second-order valence-corrected chi connectivity index (χ2v) is 6.86. The van der Waals surface area contributed by atoms with Gasteiger partial charge in [-0.2, -0.15) is 5.26 Å². The number of H-pyrrole nitrogens is 1. The number of aromatic nitrogens is 4. The molecule has 0 bridgehead atoms. The standard InChI is InChI=1S/C21H19N5O/c1-12-7-16-17(8-13(12)2)24-20(23-16)15(11-22)9-14-5-6-18-19(10-14)26(4)21(27)25(18)3/h5-10H,1-4H3,(H,23,24)/b15-9+. The van der Waals surface area contributed by atoms with Crippen molar-refractivity contribution in [2.24, 2.45) is 14.1 Å². The minimum atomic E-state index is -0.0744. The Morgan fingerprint density at radius 2 is 1.81 bits per heavy atom. The van der Waals surface area contributed by atoms with E-state index in [9.17, 15) is 10.1 Å². The smallest absolute Gasteiger partial charge is 0.328 e. The number of fused-ring (bicyclic) bond motifs is 2. The summed E-state index contributed by atoms with van der Waals surface area (Å²) in [6.07, 6.45) is 1.79. The van der Waals surface area contributed by atoms with Crippen LogP contribution < -0.4 is 5.69 Å². The van der Waals surface area contributed by atoms with Gasteiger partial charge in [0, 0.05) is 14.1 Å². The van der Waals surface area contributed by atoms with Crippen molar-refractivity contribution in [2.45, 2.75) is 13.8 Å². The number of nitrogens with one attached hydrogen (secondary N) is 1. The van der Waals surface area contributed by atoms with Gasteiger partial charge in [0.25, 0.3) is 0 Å². The van der Waals surface area contributed by atoms with Crippen LogP contribution >= 0.6 is 0 Å². The highest BCUT2D eigenvalue weighted by Gasteiger charge is 2.11. The van der Waals surface area contributed by atoms with Crippen LogP contribution in [0.25, 0.3) is 33.7 Å². The predicted octanol–water partition coefficient (Wildman–Crippen LogP) is 3.43. The van der Waals surface area contributed by atoms with Gasteiger partial charge in [-0.05, 0) is 60.9 Å². The number of aryl methyl sites for hydroxylation is 4. The summed E-state index contributed by atoms with van der Waals surface area (Å²) < 4.78 is 3.21. The first-order chi connectivity index (χ1) is 12.9. The highest BCUT2D eigenvalue weighted by Crippen LogP contribution is 2.23. The van der Waals surface area contributed by atoms with Gasteiger partial charge in [-0.1, -0.05) is 6.07 Å². The topological polar surface area (TPSA) is 79.4 Å². The van der Waals surface area contributed by atoms with E-state index in [1.807, 2.05) is 37.3 Å². The van der Waals surface area contributed by atoms with E-state index in [4.69, 9.17) is 0 Å². The third-order valence-electron chi connectivity index (χ3n) is 5.08. The summed E-state index contributed by atoms with van der Waals surface area (Å²) in [5.74, 6) is 0.541. The number of hydrogen-bond acceptors (Lipinski definition) is 3. The molecule has 0 aliphatic carbocycles. The lowest BCUT2D eigenvalue weighted by atomic mass is 10.1. The number of aromatic amines is 1. The summed E-state index contributed by atoms with van der Waals surface area (Å²) in [6.45, 7) is 4.10. The maximum absolute atomic E-state index is 12.1. The van der Waals surface area contributed by atoms with E-state index in [1.165, 1.54) is 11.1 Å². The third kappa shape index (κ3) is 2.64. The molecular formula is C21H19N5O. The van der Waals surface area contributed by atoms with Crippen LogP contribution in [0.15, 0.2) is 35.1 Å². The number of benzene rings is 2. The fourth-order valence-electron chi connectivity index (χ4n) is 3.33. The van der Waals surface area contributed by atoms with Crippen LogP contribution in [0, 0.1) is 25.2 Å². The minimum absolute atomic E-state index is 0.0744. The predicted molar refractivity (Wildman–Crippen MR) is 107 cm³/mol. The molecule has 0 aliphatic heterocycles. The maximum Gasteiger partial charge on any atom is 0.328 e. The van der Waals surface area contributed by atoms with Gasteiger partial charge in [0.1, 0.15) is 11.9 Å². The Balaban J connectivity index is 1.84. The van der Waals surface area contributed by atoms with Crippen LogP contribution in [-0.4, -0.2) is 19.1 Å². The summed E-state index contributed by atoms with van der Waals surface area (Å²) in [6, 6.07) is 12.0. The zero-order chi connectivity index (χ0) is 19.3. The summed E-state index contributed by atoms with van der Waals surface area (Å²) in [4.78, 5) is 19.9. The van der Waals surface area contributed by atoms with Gasteiger partial charge >= 0.3 is 5.69 Å². The summed E-state index contributed by atoms with van der Waals surface area (Å²) in [5.41, 5.74) is 6.99. The number of rotatable bonds is 2. The molecule has 4 aromatic rings. The van der Waals surface area contributed by atoms with Gasteiger partial charge in [0.05, 0.1) is 27.6 Å². The molecule has 27 heavy (non-hydrogen) atoms. The lowest BCUT2D eigenvalue weighted by molar-refractivity contribution is 0.795. The van der Waals surface area contributed by atoms with Crippen molar-refractivity contribution in [3.63, 3.8) is 0 Å². The fraction of sp³-hybridized carbons (Fsp3) is 0.190. The van der Waals surface area contributed by atoms with Gasteiger partial charge in [-0.3, -0.25) is 9.13 Å². The first-order valence-electron chi connectivity index (χ1n) is 8.63. The maximum atomic E-state index is 12.1. The molecule has 134 valence electrons. The highest BCUT2D eigenvalue weighted by molar-refractivity contribution is 5.92. The number of allylic oxidation sites excluding steroid dienone is 1. The second kappa shape index (κ2) is 5.99. The SMILES string of the molecule is Cc1cc2nc(/C(C#N)=C/c3ccc4c(c3)n(C)c(=O)n4C)[nH]c2cc1C. The quantitative estimate of drug-likeness (QED) is 0.558. The van der Waals surface area contributed by atoms with Crippen LogP contribution in [0.2, 0.25) is 0 Å². The lowest BCUT2D eigenvalue weighted by Crippen LogP contribution is -2.19. The van der Waals surface area contributed by atoms with E-state index >= 15 is 0 Å². The lowest BCUT2D eigenvalue weighted by Gasteiger charge is -1.99. The molecule has 0 amide bonds. The van der Waals surface area contributed by atoms with Gasteiger partial charge in [-0.15, -0.1) is 0 Å². The molecular weight excluding hydrogens is 338 g/mol. The Morgan fingerprint density at radius 3 is 2.56 bits per heavy atom. The molecule has 0 aliphatic rings. The van der Waals surface area contributed by atoms with Gasteiger partial charge in [0.15, 0.2) is 0 Å². The average Bonchev–Trinajstić information content (AvgIpc) is 3.15. The molecule has 6 heteroatoms. The molecule has 2 aromatic heterocycles. The first kappa shape index (κ1) is 16.9. The molecule has 2 aromatic carbocycles. The van der Waals surface area contributed by atoms with Crippen molar-refractivity contribution in [1.29, 1.82) is 5.26 Å². The van der Waals surface area contributed by atoms with Crippen LogP contribution in [0.4, 0.5) is 0 Å². The number of imidazole rings is 2. The molecule has 0 fully saturated rings. The van der Waals surface area contributed by atoms with E-state index in [-0.39, 0.29) is 5.69 Å². The summed E-state index contributed by atoms with van der Waals surface area (Å²) in [7, 11) is 3.49. The van der Waals surface area contributed by atoms with E-state index < -0.39 is 0 Å². The van der Waals surface area contributed by atoms with Gasteiger partial charge < -0.3 is 4.98 Å². The Hall–Kier alpha value is -3.59. The second-order valence-electron chi connectivity index (χ2n) is 6.86. The largest absolute Gasteiger partial charge is 0.337 e. The Bertz CT molecular complexity index is 1300. The minimum Gasteiger partial charge on any atom is -0.337 e. The average molecular weight is 357 g/mol. The van der Waals surface area contributed by atoms with Crippen LogP contribution in [0.1, 0.15) is 22.5 Å². The van der Waals surface area contributed by atoms with E-state index in [1.54, 1.807) is 29.3 Å². The number of nitrogens with zero attached hydrogens (tertiary/aromatic N) is 4. The molecule has 0 atom stereocenters. The Morgan fingerprint density at radius 1 is 1.11 bits per heavy atom. The summed E-state index contributed by atoms with van der Waals surface area (Å²) >= 11 is 0. The molecule has 4 rings (SSSR count). The van der Waals surface area contributed by atoms with Crippen molar-refractivity contribution in [2.75, 3.05) is 0 Å². The zero-order valence-electron chi connectivity index (χ0n) is 15.7. The van der Waals surface area contributed by atoms with Crippen LogP contribution in [-0.2, 0) is 14.1 Å². The third-order valence-corrected chi connectivity index (χ3v) is 5.08. The van der Waals surface area contributed by atoms with Crippen molar-refractivity contribution in [3.8, 4) is 6.07 Å². The van der Waals surface area contributed by atoms with Gasteiger partial charge in [-0.25, -0.2) is 9.78 Å². The van der Waals surface area contributed by atoms with Gasteiger partial charge in [0.2, 0.25) is 0 Å². The molecule has 0 unspecified atom stereocenters. The molecule has 0 radical (unpaired) electrons. The van der Waals surface area contributed by atoms with E-state index in [2.05, 4.69) is 23.0 Å². The zero-order valence-corrected chi connectivity index (χ0v) is 15.7. The van der Waals surface area contributed by atoms with Crippen molar-refractivity contribution >= 4 is 33.7 Å². The first-order valence-corrected chi connectivity index (χ1v) is 8.63. The van der Waals surface area contributed by atoms with Crippen molar-refractivity contribution < 1.29 is 0 Å². The summed E-state index contributed by atoms with van der Waals surface area (Å²) in [5, 5.41) is 9.65. The molecule has 0 spiro atoms. The number of nitriles is 1. The Labute approximate surface area is 156 Å². The van der Waals surface area contributed by atoms with Crippen molar-refractivity contribution in [3.05, 3.63) is 63.3 Å². The molecule has 6 nitrogen and oxygen atoms in total. The van der Waals surface area contributed by atoms with Crippen molar-refractivity contribution in [1.82, 2.24) is 19.1 Å². The molecule has 2 heterocycles. The molecule has 0 saturated heterocycles. The monoisotopic (exact) mass is 357 g/mol. The van der Waals surface area contributed by atoms with Crippen LogP contribution in [0.5, 0.6) is 0 Å². The van der Waals surface area contributed by atoms with Crippen LogP contribution in [0.3, 0.4) is 0 Å². The molecule has 1 N–H and O–H groups in total.